The minimum Gasteiger partial charge on any atom is -0.135 e. The second-order valence-electron chi connectivity index (χ2n) is 2.18. The van der Waals surface area contributed by atoms with Gasteiger partial charge in [0.15, 0.2) is 6.33 Å². The third-order valence-electron chi connectivity index (χ3n) is 1.38. The van der Waals surface area contributed by atoms with Crippen LogP contribution < -0.4 is 0 Å². The van der Waals surface area contributed by atoms with Crippen LogP contribution in [-0.2, 0) is 0 Å². The van der Waals surface area contributed by atoms with Crippen molar-refractivity contribution in [2.45, 2.75) is 13.8 Å². The molecule has 4 nitrogen and oxygen atoms in total. The molecule has 0 aliphatic heterocycles. The first kappa shape index (κ1) is 10.2. The summed E-state index contributed by atoms with van der Waals surface area (Å²) in [5, 5.41) is 11.2. The summed E-state index contributed by atoms with van der Waals surface area (Å²) in [5.74, 6) is 0. The fraction of sp³-hybridized carbons (Fsp3) is 0.200. The first-order chi connectivity index (χ1) is 6.97. The lowest BCUT2D eigenvalue weighted by Crippen LogP contribution is -1.98. The lowest BCUT2D eigenvalue weighted by atomic mass is 10.4. The zero-order chi connectivity index (χ0) is 10.2. The molecule has 4 heteroatoms. The molecule has 1 aliphatic carbocycles. The average molecular weight is 188 g/mol. The number of nitrogens with zero attached hydrogens (tertiary/aromatic N) is 4. The van der Waals surface area contributed by atoms with E-state index in [0.29, 0.717) is 0 Å². The zero-order valence-electron chi connectivity index (χ0n) is 8.25. The lowest BCUT2D eigenvalue weighted by Gasteiger charge is -1.93. The van der Waals surface area contributed by atoms with Gasteiger partial charge < -0.3 is 0 Å². The Kier molecular flexibility index (Phi) is 4.11. The molecule has 2 rings (SSSR count). The van der Waals surface area contributed by atoms with Gasteiger partial charge in [0.1, 0.15) is 0 Å². The number of aromatic nitrogens is 4. The Bertz CT molecular complexity index is 378. The first-order valence-corrected chi connectivity index (χ1v) is 4.49. The van der Waals surface area contributed by atoms with E-state index in [1.807, 2.05) is 38.2 Å². The van der Waals surface area contributed by atoms with Crippen LogP contribution >= 0.6 is 0 Å². The second-order valence-corrected chi connectivity index (χ2v) is 2.18. The molecule has 72 valence electrons. The molecule has 0 radical (unpaired) electrons. The Morgan fingerprint density at radius 3 is 2.86 bits per heavy atom. The van der Waals surface area contributed by atoms with Gasteiger partial charge in [-0.15, -0.1) is 20.7 Å². The molecule has 0 aromatic carbocycles. The maximum atomic E-state index is 3.89. The smallest absolute Gasteiger partial charge is 0.135 e. The number of hydrogen-bond donors (Lipinski definition) is 0. The highest BCUT2D eigenvalue weighted by molar-refractivity contribution is 5.57. The average Bonchev–Trinajstić information content (AvgIpc) is 2.64. The Balaban J connectivity index is 0.000000461. The number of allylic oxidation sites excluding steroid dienone is 5. The molecule has 0 fully saturated rings. The van der Waals surface area contributed by atoms with E-state index in [1.54, 1.807) is 6.08 Å². The van der Waals surface area contributed by atoms with Crippen molar-refractivity contribution in [3.05, 3.63) is 42.4 Å². The molecule has 1 aromatic rings. The standard InChI is InChI=1S/C8H6N4.C2H6/c1-2-4-6-8(5-3-1)12-10-7-9-11-12;1-2/h1-3,5-7H;1-2H3. The van der Waals surface area contributed by atoms with Gasteiger partial charge in [0.2, 0.25) is 0 Å². The van der Waals surface area contributed by atoms with Gasteiger partial charge in [-0.3, -0.25) is 0 Å². The summed E-state index contributed by atoms with van der Waals surface area (Å²) in [5.41, 5.74) is 3.80. The predicted octanol–water partition coefficient (Wildman–Crippen LogP) is 1.82. The van der Waals surface area contributed by atoms with Crippen molar-refractivity contribution in [3.63, 3.8) is 0 Å². The van der Waals surface area contributed by atoms with Crippen molar-refractivity contribution in [2.24, 2.45) is 0 Å². The van der Waals surface area contributed by atoms with Gasteiger partial charge in [-0.05, 0) is 17.4 Å². The maximum Gasteiger partial charge on any atom is 0.162 e. The normalized spacial score (nSPS) is 12.9. The van der Waals surface area contributed by atoms with E-state index < -0.39 is 0 Å². The molecule has 1 aliphatic rings. The molecule has 0 saturated carbocycles. The Hall–Kier alpha value is -1.93. The highest BCUT2D eigenvalue weighted by Crippen LogP contribution is 2.03. The van der Waals surface area contributed by atoms with E-state index in [2.05, 4.69) is 21.1 Å². The predicted molar refractivity (Wildman–Crippen MR) is 55.2 cm³/mol. The van der Waals surface area contributed by atoms with Gasteiger partial charge in [0, 0.05) is 6.08 Å². The van der Waals surface area contributed by atoms with E-state index in [0.717, 1.165) is 5.70 Å². The minimum atomic E-state index is 0.845. The third kappa shape index (κ3) is 2.54. The molecular formula is C10H12N4. The first-order valence-electron chi connectivity index (χ1n) is 4.49. The second kappa shape index (κ2) is 5.67. The molecular weight excluding hydrogens is 176 g/mol. The molecule has 0 atom stereocenters. The lowest BCUT2D eigenvalue weighted by molar-refractivity contribution is 0.742. The SMILES string of the molecule is C1=CC=CC=C(n2ncnn2)C=1.CC. The van der Waals surface area contributed by atoms with Crippen molar-refractivity contribution in [1.82, 2.24) is 20.2 Å². The van der Waals surface area contributed by atoms with Crippen LogP contribution in [0.5, 0.6) is 0 Å². The van der Waals surface area contributed by atoms with E-state index in [1.165, 1.54) is 11.1 Å². The van der Waals surface area contributed by atoms with Crippen LogP contribution in [0, 0.1) is 0 Å². The van der Waals surface area contributed by atoms with Crippen LogP contribution in [0.1, 0.15) is 13.8 Å². The van der Waals surface area contributed by atoms with Crippen LogP contribution in [0.15, 0.2) is 42.4 Å². The quantitative estimate of drug-likeness (QED) is 0.631. The highest BCUT2D eigenvalue weighted by Gasteiger charge is 1.96. The van der Waals surface area contributed by atoms with E-state index >= 15 is 0 Å². The summed E-state index contributed by atoms with van der Waals surface area (Å²) in [6, 6.07) is 0. The Morgan fingerprint density at radius 2 is 2.14 bits per heavy atom. The molecule has 0 spiro atoms. The molecule has 1 aromatic heterocycles. The molecule has 1 heterocycles. The van der Waals surface area contributed by atoms with E-state index in [-0.39, 0.29) is 0 Å². The molecule has 0 bridgehead atoms. The minimum absolute atomic E-state index is 0.845. The summed E-state index contributed by atoms with van der Waals surface area (Å²) in [6.07, 6.45) is 10.7. The van der Waals surface area contributed by atoms with Crippen molar-refractivity contribution in [3.8, 4) is 0 Å². The van der Waals surface area contributed by atoms with E-state index in [9.17, 15) is 0 Å². The van der Waals surface area contributed by atoms with Crippen LogP contribution in [0.3, 0.4) is 0 Å². The number of tetrazole rings is 1. The summed E-state index contributed by atoms with van der Waals surface area (Å²) >= 11 is 0. The highest BCUT2D eigenvalue weighted by atomic mass is 15.6. The largest absolute Gasteiger partial charge is 0.162 e. The maximum absolute atomic E-state index is 3.89. The summed E-state index contributed by atoms with van der Waals surface area (Å²) in [6.45, 7) is 4.00. The van der Waals surface area contributed by atoms with Crippen molar-refractivity contribution >= 4 is 5.70 Å². The van der Waals surface area contributed by atoms with E-state index in [4.69, 9.17) is 0 Å². The van der Waals surface area contributed by atoms with Crippen molar-refractivity contribution in [1.29, 1.82) is 0 Å². The zero-order valence-corrected chi connectivity index (χ0v) is 8.25. The summed E-state index contributed by atoms with van der Waals surface area (Å²) in [4.78, 5) is 1.44. The van der Waals surface area contributed by atoms with Crippen LogP contribution in [0.2, 0.25) is 0 Å². The van der Waals surface area contributed by atoms with Crippen LogP contribution in [0.25, 0.3) is 5.70 Å². The van der Waals surface area contributed by atoms with Crippen molar-refractivity contribution < 1.29 is 0 Å². The monoisotopic (exact) mass is 188 g/mol. The molecule has 0 unspecified atom stereocenters. The molecule has 0 N–H and O–H groups in total. The Morgan fingerprint density at radius 1 is 1.29 bits per heavy atom. The van der Waals surface area contributed by atoms with Crippen LogP contribution in [0.4, 0.5) is 0 Å². The van der Waals surface area contributed by atoms with Gasteiger partial charge in [0.25, 0.3) is 0 Å². The van der Waals surface area contributed by atoms with Gasteiger partial charge in [0.05, 0.1) is 5.70 Å². The van der Waals surface area contributed by atoms with Crippen LogP contribution in [-0.4, -0.2) is 20.2 Å². The Labute approximate surface area is 82.9 Å². The molecule has 14 heavy (non-hydrogen) atoms. The molecule has 0 amide bonds. The van der Waals surface area contributed by atoms with Gasteiger partial charge in [-0.1, -0.05) is 26.0 Å². The number of rotatable bonds is 1. The summed E-state index contributed by atoms with van der Waals surface area (Å²) in [7, 11) is 0. The van der Waals surface area contributed by atoms with Crippen molar-refractivity contribution in [2.75, 3.05) is 0 Å². The van der Waals surface area contributed by atoms with Gasteiger partial charge in [-0.25, -0.2) is 0 Å². The number of hydrogen-bond acceptors (Lipinski definition) is 3. The topological polar surface area (TPSA) is 43.6 Å². The fourth-order valence-corrected chi connectivity index (χ4v) is 0.857. The molecule has 0 saturated heterocycles. The summed E-state index contributed by atoms with van der Waals surface area (Å²) < 4.78 is 0. The van der Waals surface area contributed by atoms with Gasteiger partial charge in [-0.2, -0.15) is 0 Å². The third-order valence-corrected chi connectivity index (χ3v) is 1.38. The fourth-order valence-electron chi connectivity index (χ4n) is 0.857. The van der Waals surface area contributed by atoms with Gasteiger partial charge >= 0.3 is 0 Å².